The number of carbonyl (C=O) groups is 1. The molecule has 1 unspecified atom stereocenters. The first-order valence-electron chi connectivity index (χ1n) is 11.5. The Labute approximate surface area is 213 Å². The molecule has 168 valence electrons. The van der Waals surface area contributed by atoms with Gasteiger partial charge in [0.05, 0.1) is 0 Å². The molecule has 4 aromatic rings. The van der Waals surface area contributed by atoms with E-state index in [0.717, 1.165) is 43.4 Å². The van der Waals surface area contributed by atoms with Gasteiger partial charge >= 0.3 is 0 Å². The summed E-state index contributed by atoms with van der Waals surface area (Å²) in [5.41, 5.74) is 5.24. The number of halogens is 1. The molecule has 3 heteroatoms. The van der Waals surface area contributed by atoms with Crippen LogP contribution in [0.3, 0.4) is 0 Å². The van der Waals surface area contributed by atoms with E-state index in [-0.39, 0.29) is 5.78 Å². The lowest BCUT2D eigenvalue weighted by molar-refractivity contribution is -0.128. The van der Waals surface area contributed by atoms with Crippen LogP contribution in [0.15, 0.2) is 137 Å². The van der Waals surface area contributed by atoms with Crippen molar-refractivity contribution >= 4 is 38.6 Å². The fraction of sp³-hybridized carbons (Fsp3) is 0.0312. The van der Waals surface area contributed by atoms with E-state index < -0.39 is 5.60 Å². The van der Waals surface area contributed by atoms with Crippen LogP contribution in [-0.2, 0) is 15.1 Å². The Morgan fingerprint density at radius 2 is 1.17 bits per heavy atom. The Morgan fingerprint density at radius 1 is 0.600 bits per heavy atom. The number of benzene rings is 4. The van der Waals surface area contributed by atoms with Crippen LogP contribution in [0, 0.1) is 0 Å². The van der Waals surface area contributed by atoms with Crippen molar-refractivity contribution in [1.29, 1.82) is 0 Å². The van der Waals surface area contributed by atoms with Gasteiger partial charge < -0.3 is 4.74 Å². The van der Waals surface area contributed by atoms with Crippen LogP contribution >= 0.6 is 15.9 Å². The van der Waals surface area contributed by atoms with Crippen LogP contribution in [-0.4, -0.2) is 5.78 Å². The molecule has 0 saturated carbocycles. The largest absolute Gasteiger partial charge is 0.469 e. The SMILES string of the molecule is O=C1C=C(c2ccccc2)C2=C(c3ccc(Br)cc3)C=C(c3ccccc3)OC12c1ccccc1. The maximum absolute atomic E-state index is 14.1. The highest BCUT2D eigenvalue weighted by Gasteiger charge is 2.54. The molecule has 0 fully saturated rings. The first-order chi connectivity index (χ1) is 17.2. The monoisotopic (exact) mass is 516 g/mol. The summed E-state index contributed by atoms with van der Waals surface area (Å²) in [4.78, 5) is 14.1. The van der Waals surface area contributed by atoms with E-state index in [0.29, 0.717) is 5.76 Å². The second-order valence-corrected chi connectivity index (χ2v) is 9.52. The summed E-state index contributed by atoms with van der Waals surface area (Å²) in [6.45, 7) is 0. The van der Waals surface area contributed by atoms with Gasteiger partial charge in [0.1, 0.15) is 5.76 Å². The highest BCUT2D eigenvalue weighted by atomic mass is 79.9. The number of rotatable bonds is 4. The number of fused-ring (bicyclic) bond motifs is 1. The summed E-state index contributed by atoms with van der Waals surface area (Å²) >= 11 is 3.56. The molecule has 1 heterocycles. The van der Waals surface area contributed by atoms with Crippen LogP contribution in [0.1, 0.15) is 22.3 Å². The second kappa shape index (κ2) is 8.68. The average molecular weight is 517 g/mol. The van der Waals surface area contributed by atoms with Gasteiger partial charge in [-0.2, -0.15) is 0 Å². The van der Waals surface area contributed by atoms with Crippen molar-refractivity contribution in [3.63, 3.8) is 0 Å². The zero-order valence-electron chi connectivity index (χ0n) is 18.8. The molecule has 0 aromatic heterocycles. The molecule has 6 rings (SSSR count). The lowest BCUT2D eigenvalue weighted by Crippen LogP contribution is -2.38. The molecule has 0 saturated heterocycles. The van der Waals surface area contributed by atoms with E-state index in [1.165, 1.54) is 0 Å². The van der Waals surface area contributed by atoms with Crippen LogP contribution in [0.25, 0.3) is 16.9 Å². The van der Waals surface area contributed by atoms with Gasteiger partial charge in [-0.1, -0.05) is 119 Å². The van der Waals surface area contributed by atoms with E-state index in [2.05, 4.69) is 34.1 Å². The minimum atomic E-state index is -1.27. The summed E-state index contributed by atoms with van der Waals surface area (Å²) in [5.74, 6) is 0.598. The van der Waals surface area contributed by atoms with Crippen molar-refractivity contribution in [2.75, 3.05) is 0 Å². The number of hydrogen-bond acceptors (Lipinski definition) is 2. The third-order valence-electron chi connectivity index (χ3n) is 6.53. The number of allylic oxidation sites excluding steroid dienone is 2. The Bertz CT molecular complexity index is 1500. The van der Waals surface area contributed by atoms with Crippen LogP contribution in [0.2, 0.25) is 0 Å². The lowest BCUT2D eigenvalue weighted by atomic mass is 9.77. The third kappa shape index (κ3) is 3.60. The Balaban J connectivity index is 1.70. The fourth-order valence-corrected chi connectivity index (χ4v) is 5.18. The maximum Gasteiger partial charge on any atom is 0.222 e. The van der Waals surface area contributed by atoms with Gasteiger partial charge in [0.25, 0.3) is 0 Å². The summed E-state index contributed by atoms with van der Waals surface area (Å²) in [6.07, 6.45) is 3.82. The number of hydrogen-bond donors (Lipinski definition) is 0. The van der Waals surface area contributed by atoms with E-state index in [9.17, 15) is 4.79 Å². The standard InChI is InChI=1S/C32H21BrO2/c33-26-18-16-23(17-19-26)27-20-29(24-12-6-2-7-13-24)35-32(25-14-8-3-9-15-25)30(34)21-28(31(27)32)22-10-4-1-5-11-22/h1-21H. The van der Waals surface area contributed by atoms with Gasteiger partial charge in [0.15, 0.2) is 0 Å². The van der Waals surface area contributed by atoms with Gasteiger partial charge in [0, 0.05) is 21.2 Å². The van der Waals surface area contributed by atoms with E-state index in [1.54, 1.807) is 6.08 Å². The molecule has 4 aromatic carbocycles. The van der Waals surface area contributed by atoms with Gasteiger partial charge in [-0.15, -0.1) is 0 Å². The summed E-state index contributed by atoms with van der Waals surface area (Å²) in [7, 11) is 0. The number of carbonyl (C=O) groups excluding carboxylic acids is 1. The van der Waals surface area contributed by atoms with Crippen molar-refractivity contribution in [2.24, 2.45) is 0 Å². The van der Waals surface area contributed by atoms with Crippen molar-refractivity contribution in [1.82, 2.24) is 0 Å². The Hall–Kier alpha value is -3.95. The van der Waals surface area contributed by atoms with Gasteiger partial charge in [-0.05, 0) is 46.6 Å². The smallest absolute Gasteiger partial charge is 0.222 e. The van der Waals surface area contributed by atoms with E-state index in [1.807, 2.05) is 103 Å². The normalized spacial score (nSPS) is 19.1. The zero-order valence-corrected chi connectivity index (χ0v) is 20.4. The molecule has 1 aliphatic carbocycles. The molecule has 0 amide bonds. The van der Waals surface area contributed by atoms with E-state index in [4.69, 9.17) is 4.74 Å². The highest BCUT2D eigenvalue weighted by Crippen LogP contribution is 2.55. The maximum atomic E-state index is 14.1. The molecule has 0 bridgehead atoms. The third-order valence-corrected chi connectivity index (χ3v) is 7.06. The summed E-state index contributed by atoms with van der Waals surface area (Å²) in [5, 5.41) is 0. The Kier molecular flexibility index (Phi) is 5.35. The quantitative estimate of drug-likeness (QED) is 0.276. The lowest BCUT2D eigenvalue weighted by Gasteiger charge is -2.37. The van der Waals surface area contributed by atoms with Crippen LogP contribution in [0.4, 0.5) is 0 Å². The minimum Gasteiger partial charge on any atom is -0.469 e. The number of ether oxygens (including phenoxy) is 1. The van der Waals surface area contributed by atoms with Crippen molar-refractivity contribution in [3.8, 4) is 0 Å². The molecule has 0 radical (unpaired) electrons. The molecule has 2 nitrogen and oxygen atoms in total. The average Bonchev–Trinajstić information content (AvgIpc) is 3.23. The molecule has 0 spiro atoms. The van der Waals surface area contributed by atoms with Gasteiger partial charge in [-0.3, -0.25) is 4.79 Å². The van der Waals surface area contributed by atoms with E-state index >= 15 is 0 Å². The molecular weight excluding hydrogens is 496 g/mol. The molecule has 35 heavy (non-hydrogen) atoms. The second-order valence-electron chi connectivity index (χ2n) is 8.61. The van der Waals surface area contributed by atoms with Crippen LogP contribution in [0.5, 0.6) is 0 Å². The molecular formula is C32H21BrO2. The highest BCUT2D eigenvalue weighted by molar-refractivity contribution is 9.10. The molecule has 2 aliphatic rings. The summed E-state index contributed by atoms with van der Waals surface area (Å²) < 4.78 is 7.80. The Morgan fingerprint density at radius 3 is 1.80 bits per heavy atom. The first kappa shape index (κ1) is 21.6. The summed E-state index contributed by atoms with van der Waals surface area (Å²) in [6, 6.07) is 38.1. The molecule has 1 aliphatic heterocycles. The number of ketones is 1. The van der Waals surface area contributed by atoms with Crippen molar-refractivity contribution in [3.05, 3.63) is 160 Å². The predicted molar refractivity (Wildman–Crippen MR) is 144 cm³/mol. The topological polar surface area (TPSA) is 26.3 Å². The predicted octanol–water partition coefficient (Wildman–Crippen LogP) is 7.84. The first-order valence-corrected chi connectivity index (χ1v) is 12.3. The fourth-order valence-electron chi connectivity index (χ4n) is 4.92. The zero-order chi connectivity index (χ0) is 23.8. The molecule has 1 atom stereocenters. The van der Waals surface area contributed by atoms with Gasteiger partial charge in [0.2, 0.25) is 11.4 Å². The van der Waals surface area contributed by atoms with Crippen molar-refractivity contribution < 1.29 is 9.53 Å². The van der Waals surface area contributed by atoms with Crippen LogP contribution < -0.4 is 0 Å². The minimum absolute atomic E-state index is 0.0753. The van der Waals surface area contributed by atoms with Crippen molar-refractivity contribution in [2.45, 2.75) is 5.60 Å². The molecule has 0 N–H and O–H groups in total. The van der Waals surface area contributed by atoms with Gasteiger partial charge in [-0.25, -0.2) is 0 Å².